The molecule has 0 amide bonds. The zero-order chi connectivity index (χ0) is 11.7. The molecule has 0 bridgehead atoms. The Bertz CT molecular complexity index is 495. The number of halogens is 1. The van der Waals surface area contributed by atoms with E-state index in [9.17, 15) is 5.11 Å². The van der Waals surface area contributed by atoms with Gasteiger partial charge in [0.05, 0.1) is 18.2 Å². The van der Waals surface area contributed by atoms with Gasteiger partial charge < -0.3 is 5.11 Å². The molecule has 0 radical (unpaired) electrons. The Morgan fingerprint density at radius 1 is 1.44 bits per heavy atom. The maximum absolute atomic E-state index is 9.39. The van der Waals surface area contributed by atoms with Crippen molar-refractivity contribution in [3.63, 3.8) is 0 Å². The third-order valence-electron chi connectivity index (χ3n) is 2.70. The summed E-state index contributed by atoms with van der Waals surface area (Å²) in [7, 11) is 0. The van der Waals surface area contributed by atoms with Crippen LogP contribution in [0.4, 0.5) is 0 Å². The van der Waals surface area contributed by atoms with Crippen LogP contribution in [0.15, 0.2) is 18.2 Å². The summed E-state index contributed by atoms with van der Waals surface area (Å²) in [6.07, 6.45) is 0. The molecule has 4 nitrogen and oxygen atoms in total. The van der Waals surface area contributed by atoms with E-state index in [4.69, 9.17) is 0 Å². The molecule has 0 aliphatic carbocycles. The molecule has 2 rings (SSSR count). The highest BCUT2D eigenvalue weighted by atomic mass is 127. The zero-order valence-corrected chi connectivity index (χ0v) is 11.4. The van der Waals surface area contributed by atoms with Crippen molar-refractivity contribution in [1.29, 1.82) is 0 Å². The summed E-state index contributed by atoms with van der Waals surface area (Å²) in [6.45, 7) is 4.23. The first kappa shape index (κ1) is 11.8. The van der Waals surface area contributed by atoms with E-state index >= 15 is 0 Å². The van der Waals surface area contributed by atoms with Gasteiger partial charge in [-0.3, -0.25) is 0 Å². The van der Waals surface area contributed by atoms with Gasteiger partial charge in [-0.25, -0.2) is 4.68 Å². The Kier molecular flexibility index (Phi) is 3.44. The standard InChI is InChI=1S/C11H14IN3O/c1-7(2)11(6-16)15-10-4-3-8(12)5-9(10)13-14-15/h3-5,7,11,16H,6H2,1-2H3. The first-order chi connectivity index (χ1) is 7.63. The maximum Gasteiger partial charge on any atom is 0.114 e. The summed E-state index contributed by atoms with van der Waals surface area (Å²) in [4.78, 5) is 0. The van der Waals surface area contributed by atoms with Gasteiger partial charge in [0.25, 0.3) is 0 Å². The van der Waals surface area contributed by atoms with Gasteiger partial charge in [0.15, 0.2) is 0 Å². The number of aliphatic hydroxyl groups excluding tert-OH is 1. The van der Waals surface area contributed by atoms with Crippen molar-refractivity contribution in [2.45, 2.75) is 19.9 Å². The van der Waals surface area contributed by atoms with Crippen LogP contribution >= 0.6 is 22.6 Å². The second-order valence-corrected chi connectivity index (χ2v) is 5.41. The summed E-state index contributed by atoms with van der Waals surface area (Å²) in [6, 6.07) is 6.01. The van der Waals surface area contributed by atoms with E-state index in [-0.39, 0.29) is 12.6 Å². The molecular formula is C11H14IN3O. The first-order valence-electron chi connectivity index (χ1n) is 5.24. The predicted octanol–water partition coefficient (Wildman–Crippen LogP) is 2.23. The number of hydrogen-bond acceptors (Lipinski definition) is 3. The van der Waals surface area contributed by atoms with Crippen LogP contribution in [0.25, 0.3) is 11.0 Å². The number of hydrogen-bond donors (Lipinski definition) is 1. The van der Waals surface area contributed by atoms with E-state index in [0.29, 0.717) is 5.92 Å². The molecule has 1 aromatic heterocycles. The van der Waals surface area contributed by atoms with E-state index in [1.807, 2.05) is 22.9 Å². The van der Waals surface area contributed by atoms with Gasteiger partial charge in [-0.2, -0.15) is 0 Å². The van der Waals surface area contributed by atoms with Crippen LogP contribution < -0.4 is 0 Å². The average Bonchev–Trinajstić information content (AvgIpc) is 2.62. The fraction of sp³-hybridized carbons (Fsp3) is 0.455. The molecule has 1 aromatic carbocycles. The largest absolute Gasteiger partial charge is 0.394 e. The molecule has 1 atom stereocenters. The van der Waals surface area contributed by atoms with Gasteiger partial charge in [0.1, 0.15) is 5.52 Å². The van der Waals surface area contributed by atoms with Crippen LogP contribution in [0.1, 0.15) is 19.9 Å². The summed E-state index contributed by atoms with van der Waals surface area (Å²) >= 11 is 2.25. The van der Waals surface area contributed by atoms with Crippen LogP contribution in [-0.4, -0.2) is 26.7 Å². The zero-order valence-electron chi connectivity index (χ0n) is 9.26. The summed E-state index contributed by atoms with van der Waals surface area (Å²) in [5.41, 5.74) is 1.86. The molecule has 5 heteroatoms. The van der Waals surface area contributed by atoms with E-state index in [0.717, 1.165) is 14.6 Å². The van der Waals surface area contributed by atoms with Gasteiger partial charge in [-0.05, 0) is 46.7 Å². The van der Waals surface area contributed by atoms with E-state index in [2.05, 4.69) is 46.8 Å². The third kappa shape index (κ3) is 2.06. The molecule has 0 saturated carbocycles. The lowest BCUT2D eigenvalue weighted by molar-refractivity contribution is 0.184. The van der Waals surface area contributed by atoms with Crippen LogP contribution in [0.3, 0.4) is 0 Å². The number of nitrogens with zero attached hydrogens (tertiary/aromatic N) is 3. The quantitative estimate of drug-likeness (QED) is 0.878. The number of rotatable bonds is 3. The van der Waals surface area contributed by atoms with Gasteiger partial charge in [0.2, 0.25) is 0 Å². The van der Waals surface area contributed by atoms with Crippen molar-refractivity contribution in [1.82, 2.24) is 15.0 Å². The molecule has 0 aliphatic heterocycles. The van der Waals surface area contributed by atoms with Crippen LogP contribution in [0.5, 0.6) is 0 Å². The van der Waals surface area contributed by atoms with Crippen LogP contribution in [0.2, 0.25) is 0 Å². The predicted molar refractivity (Wildman–Crippen MR) is 71.2 cm³/mol. The number of fused-ring (bicyclic) bond motifs is 1. The minimum Gasteiger partial charge on any atom is -0.394 e. The second kappa shape index (κ2) is 4.67. The van der Waals surface area contributed by atoms with Crippen molar-refractivity contribution in [2.24, 2.45) is 5.92 Å². The smallest absolute Gasteiger partial charge is 0.114 e. The van der Waals surface area contributed by atoms with Crippen molar-refractivity contribution in [2.75, 3.05) is 6.61 Å². The highest BCUT2D eigenvalue weighted by Crippen LogP contribution is 2.22. The highest BCUT2D eigenvalue weighted by molar-refractivity contribution is 14.1. The Labute approximate surface area is 108 Å². The van der Waals surface area contributed by atoms with Gasteiger partial charge >= 0.3 is 0 Å². The summed E-state index contributed by atoms with van der Waals surface area (Å²) < 4.78 is 2.96. The number of aromatic nitrogens is 3. The second-order valence-electron chi connectivity index (χ2n) is 4.16. The van der Waals surface area contributed by atoms with Gasteiger partial charge in [0, 0.05) is 3.57 Å². The lowest BCUT2D eigenvalue weighted by atomic mass is 10.1. The molecule has 1 unspecified atom stereocenters. The maximum atomic E-state index is 9.39. The fourth-order valence-corrected chi connectivity index (χ4v) is 2.21. The summed E-state index contributed by atoms with van der Waals surface area (Å²) in [5.74, 6) is 0.328. The molecular weight excluding hydrogens is 317 g/mol. The van der Waals surface area contributed by atoms with Gasteiger partial charge in [-0.15, -0.1) is 5.10 Å². The van der Waals surface area contributed by atoms with Gasteiger partial charge in [-0.1, -0.05) is 19.1 Å². The number of benzene rings is 1. The minimum atomic E-state index is -0.00920. The van der Waals surface area contributed by atoms with Crippen molar-refractivity contribution >= 4 is 33.6 Å². The lowest BCUT2D eigenvalue weighted by Gasteiger charge is -2.18. The topological polar surface area (TPSA) is 50.9 Å². The molecule has 0 spiro atoms. The van der Waals surface area contributed by atoms with E-state index in [1.54, 1.807) is 0 Å². The Balaban J connectivity index is 2.52. The SMILES string of the molecule is CC(C)C(CO)n1nnc2cc(I)ccc21. The highest BCUT2D eigenvalue weighted by Gasteiger charge is 2.18. The molecule has 1 heterocycles. The average molecular weight is 331 g/mol. The summed E-state index contributed by atoms with van der Waals surface area (Å²) in [5, 5.41) is 17.7. The Hall–Kier alpha value is -0.690. The molecule has 0 aliphatic rings. The molecule has 2 aromatic rings. The monoisotopic (exact) mass is 331 g/mol. The van der Waals surface area contributed by atoms with Crippen LogP contribution in [0, 0.1) is 9.49 Å². The lowest BCUT2D eigenvalue weighted by Crippen LogP contribution is -2.20. The fourth-order valence-electron chi connectivity index (χ4n) is 1.73. The molecule has 1 N–H and O–H groups in total. The Morgan fingerprint density at radius 2 is 2.19 bits per heavy atom. The molecule has 16 heavy (non-hydrogen) atoms. The molecule has 86 valence electrons. The minimum absolute atomic E-state index is 0.00920. The molecule has 0 fully saturated rings. The normalized spacial score (nSPS) is 13.6. The van der Waals surface area contributed by atoms with E-state index in [1.165, 1.54) is 0 Å². The number of aliphatic hydroxyl groups is 1. The van der Waals surface area contributed by atoms with Crippen molar-refractivity contribution in [3.8, 4) is 0 Å². The van der Waals surface area contributed by atoms with E-state index < -0.39 is 0 Å². The first-order valence-corrected chi connectivity index (χ1v) is 6.32. The Morgan fingerprint density at radius 3 is 2.81 bits per heavy atom. The van der Waals surface area contributed by atoms with Crippen LogP contribution in [-0.2, 0) is 0 Å². The third-order valence-corrected chi connectivity index (χ3v) is 3.37. The van der Waals surface area contributed by atoms with Crippen molar-refractivity contribution < 1.29 is 5.11 Å². The molecule has 0 saturated heterocycles. The van der Waals surface area contributed by atoms with Crippen molar-refractivity contribution in [3.05, 3.63) is 21.8 Å².